The van der Waals surface area contributed by atoms with Gasteiger partial charge in [0.25, 0.3) is 0 Å². The minimum Gasteiger partial charge on any atom is -0.385 e. The van der Waals surface area contributed by atoms with Crippen LogP contribution in [-0.4, -0.2) is 19.8 Å². The van der Waals surface area contributed by atoms with Gasteiger partial charge in [0.15, 0.2) is 21.5 Å². The summed E-state index contributed by atoms with van der Waals surface area (Å²) < 4.78 is 49.0. The van der Waals surface area contributed by atoms with Crippen molar-refractivity contribution in [1.29, 1.82) is 0 Å². The molecule has 6 heteroatoms. The standard InChI is InChI=1S/C10H10F2O3S/c1-16(14,15)6-4-7(10(13)2-3-10)9(12)8(11)5-6/h4-5,13H,2-3H2,1H3. The number of aliphatic hydroxyl groups is 1. The summed E-state index contributed by atoms with van der Waals surface area (Å²) in [5, 5.41) is 9.69. The topological polar surface area (TPSA) is 54.4 Å². The molecule has 16 heavy (non-hydrogen) atoms. The van der Waals surface area contributed by atoms with Crippen molar-refractivity contribution in [3.8, 4) is 0 Å². The van der Waals surface area contributed by atoms with Crippen LogP contribution < -0.4 is 0 Å². The molecule has 1 aromatic carbocycles. The van der Waals surface area contributed by atoms with E-state index < -0.39 is 27.1 Å². The van der Waals surface area contributed by atoms with Crippen LogP contribution in [0, 0.1) is 11.6 Å². The van der Waals surface area contributed by atoms with Gasteiger partial charge in [0.1, 0.15) is 0 Å². The molecule has 0 aromatic heterocycles. The largest absolute Gasteiger partial charge is 0.385 e. The normalized spacial score (nSPS) is 18.5. The molecule has 1 aliphatic rings. The van der Waals surface area contributed by atoms with Crippen molar-refractivity contribution < 1.29 is 22.3 Å². The smallest absolute Gasteiger partial charge is 0.175 e. The van der Waals surface area contributed by atoms with Crippen LogP contribution in [-0.2, 0) is 15.4 Å². The Morgan fingerprint density at radius 3 is 2.31 bits per heavy atom. The Bertz CT molecular complexity index is 547. The van der Waals surface area contributed by atoms with Gasteiger partial charge in [0, 0.05) is 11.8 Å². The van der Waals surface area contributed by atoms with Crippen LogP contribution >= 0.6 is 0 Å². The summed E-state index contributed by atoms with van der Waals surface area (Å²) in [5.41, 5.74) is -1.67. The predicted octanol–water partition coefficient (Wildman–Crippen LogP) is 1.35. The van der Waals surface area contributed by atoms with E-state index in [9.17, 15) is 22.3 Å². The summed E-state index contributed by atoms with van der Waals surface area (Å²) in [7, 11) is -3.61. The van der Waals surface area contributed by atoms with Crippen molar-refractivity contribution in [2.45, 2.75) is 23.3 Å². The van der Waals surface area contributed by atoms with Crippen LogP contribution in [0.5, 0.6) is 0 Å². The Hall–Kier alpha value is -1.01. The Labute approximate surface area is 91.6 Å². The lowest BCUT2D eigenvalue weighted by molar-refractivity contribution is 0.145. The minimum absolute atomic E-state index is 0.270. The van der Waals surface area contributed by atoms with Gasteiger partial charge >= 0.3 is 0 Å². The van der Waals surface area contributed by atoms with Gasteiger partial charge in [-0.05, 0) is 25.0 Å². The van der Waals surface area contributed by atoms with Gasteiger partial charge in [0.2, 0.25) is 0 Å². The quantitative estimate of drug-likeness (QED) is 0.804. The molecule has 88 valence electrons. The van der Waals surface area contributed by atoms with Crippen LogP contribution in [0.3, 0.4) is 0 Å². The lowest BCUT2D eigenvalue weighted by Gasteiger charge is -2.11. The molecule has 0 aliphatic heterocycles. The first-order valence-corrected chi connectivity index (χ1v) is 6.55. The Balaban J connectivity index is 2.66. The average molecular weight is 248 g/mol. The molecule has 0 bridgehead atoms. The molecule has 0 saturated heterocycles. The van der Waals surface area contributed by atoms with Crippen molar-refractivity contribution in [2.75, 3.05) is 6.26 Å². The number of rotatable bonds is 2. The molecule has 0 radical (unpaired) electrons. The third-order valence-corrected chi connectivity index (χ3v) is 3.75. The fraction of sp³-hybridized carbons (Fsp3) is 0.400. The zero-order chi connectivity index (χ0) is 12.1. The van der Waals surface area contributed by atoms with Crippen molar-refractivity contribution in [3.05, 3.63) is 29.3 Å². The second kappa shape index (κ2) is 3.24. The zero-order valence-corrected chi connectivity index (χ0v) is 9.31. The molecule has 1 fully saturated rings. The molecule has 2 rings (SSSR count). The molecule has 0 spiro atoms. The first kappa shape index (κ1) is 11.5. The molecule has 0 atom stereocenters. The number of hydrogen-bond acceptors (Lipinski definition) is 3. The van der Waals surface area contributed by atoms with E-state index >= 15 is 0 Å². The maximum Gasteiger partial charge on any atom is 0.175 e. The summed E-state index contributed by atoms with van der Waals surface area (Å²) in [5.74, 6) is -2.43. The van der Waals surface area contributed by atoms with Gasteiger partial charge in [-0.1, -0.05) is 0 Å². The number of benzene rings is 1. The van der Waals surface area contributed by atoms with Gasteiger partial charge in [-0.15, -0.1) is 0 Å². The molecule has 0 amide bonds. The monoisotopic (exact) mass is 248 g/mol. The van der Waals surface area contributed by atoms with Crippen LogP contribution in [0.25, 0.3) is 0 Å². The first-order valence-electron chi connectivity index (χ1n) is 4.66. The highest BCUT2D eigenvalue weighted by atomic mass is 32.2. The predicted molar refractivity (Wildman–Crippen MR) is 52.6 cm³/mol. The summed E-state index contributed by atoms with van der Waals surface area (Å²) in [6, 6.07) is 1.63. The third-order valence-electron chi connectivity index (χ3n) is 2.65. The molecule has 0 heterocycles. The molecule has 3 nitrogen and oxygen atoms in total. The van der Waals surface area contributed by atoms with E-state index in [2.05, 4.69) is 0 Å². The van der Waals surface area contributed by atoms with Crippen LogP contribution in [0.2, 0.25) is 0 Å². The second-order valence-corrected chi connectivity index (χ2v) is 6.09. The van der Waals surface area contributed by atoms with E-state index in [0.717, 1.165) is 12.3 Å². The minimum atomic E-state index is -3.61. The fourth-order valence-corrected chi connectivity index (χ4v) is 2.15. The zero-order valence-electron chi connectivity index (χ0n) is 8.50. The van der Waals surface area contributed by atoms with E-state index in [1.165, 1.54) is 0 Å². The summed E-state index contributed by atoms with van der Waals surface area (Å²) >= 11 is 0. The SMILES string of the molecule is CS(=O)(=O)c1cc(F)c(F)c(C2(O)CC2)c1. The summed E-state index contributed by atoms with van der Waals surface area (Å²) in [6.07, 6.45) is 1.54. The maximum absolute atomic E-state index is 13.4. The average Bonchev–Trinajstić information content (AvgIpc) is 2.87. The van der Waals surface area contributed by atoms with Gasteiger partial charge < -0.3 is 5.11 Å². The molecule has 1 saturated carbocycles. The lowest BCUT2D eigenvalue weighted by atomic mass is 10.1. The van der Waals surface area contributed by atoms with Gasteiger partial charge in [-0.25, -0.2) is 17.2 Å². The molecular formula is C10H10F2O3S. The van der Waals surface area contributed by atoms with Crippen LogP contribution in [0.15, 0.2) is 17.0 Å². The van der Waals surface area contributed by atoms with E-state index in [0.29, 0.717) is 18.9 Å². The number of sulfone groups is 1. The Morgan fingerprint density at radius 2 is 1.88 bits per heavy atom. The highest BCUT2D eigenvalue weighted by Crippen LogP contribution is 2.47. The highest BCUT2D eigenvalue weighted by Gasteiger charge is 2.45. The first-order chi connectivity index (χ1) is 7.24. The molecule has 1 aromatic rings. The lowest BCUT2D eigenvalue weighted by Crippen LogP contribution is -2.11. The van der Waals surface area contributed by atoms with Crippen LogP contribution in [0.1, 0.15) is 18.4 Å². The number of halogens is 2. The number of hydrogen-bond donors (Lipinski definition) is 1. The van der Waals surface area contributed by atoms with Gasteiger partial charge in [0.05, 0.1) is 10.5 Å². The molecule has 0 unspecified atom stereocenters. The molecular weight excluding hydrogens is 238 g/mol. The highest BCUT2D eigenvalue weighted by molar-refractivity contribution is 7.90. The fourth-order valence-electron chi connectivity index (χ4n) is 1.50. The Kier molecular flexibility index (Phi) is 2.32. The summed E-state index contributed by atoms with van der Waals surface area (Å²) in [6.45, 7) is 0. The van der Waals surface area contributed by atoms with Crippen molar-refractivity contribution in [3.63, 3.8) is 0 Å². The van der Waals surface area contributed by atoms with Gasteiger partial charge in [-0.2, -0.15) is 0 Å². The van der Waals surface area contributed by atoms with Gasteiger partial charge in [-0.3, -0.25) is 0 Å². The van der Waals surface area contributed by atoms with Crippen molar-refractivity contribution in [1.82, 2.24) is 0 Å². The van der Waals surface area contributed by atoms with Crippen LogP contribution in [0.4, 0.5) is 8.78 Å². The van der Waals surface area contributed by atoms with Crippen molar-refractivity contribution >= 4 is 9.84 Å². The van der Waals surface area contributed by atoms with Crippen molar-refractivity contribution in [2.24, 2.45) is 0 Å². The van der Waals surface area contributed by atoms with E-state index in [1.54, 1.807) is 0 Å². The third kappa shape index (κ3) is 1.82. The van der Waals surface area contributed by atoms with E-state index in [1.807, 2.05) is 0 Å². The molecule has 1 N–H and O–H groups in total. The maximum atomic E-state index is 13.4. The second-order valence-electron chi connectivity index (χ2n) is 4.07. The van der Waals surface area contributed by atoms with E-state index in [-0.39, 0.29) is 10.5 Å². The molecule has 1 aliphatic carbocycles. The Morgan fingerprint density at radius 1 is 1.31 bits per heavy atom. The summed E-state index contributed by atoms with van der Waals surface area (Å²) in [4.78, 5) is -0.318. The van der Waals surface area contributed by atoms with E-state index in [4.69, 9.17) is 0 Å².